The maximum absolute atomic E-state index is 2.54. The van der Waals surface area contributed by atoms with Crippen LogP contribution in [0.1, 0.15) is 115 Å². The van der Waals surface area contributed by atoms with Gasteiger partial charge in [-0.15, -0.1) is 0 Å². The van der Waals surface area contributed by atoms with E-state index in [1.807, 2.05) is 0 Å². The number of rotatable bonds is 18. The van der Waals surface area contributed by atoms with Gasteiger partial charge in [-0.1, -0.05) is 133 Å². The van der Waals surface area contributed by atoms with Crippen LogP contribution >= 0.6 is 0 Å². The lowest BCUT2D eigenvalue weighted by Crippen LogP contribution is -2.38. The monoisotopic (exact) mass is 487 g/mol. The maximum Gasteiger partial charge on any atom is 0.244 e. The van der Waals surface area contributed by atoms with Crippen LogP contribution in [0.5, 0.6) is 0 Å². The van der Waals surface area contributed by atoms with E-state index in [0.717, 1.165) is 13.0 Å². The Balaban J connectivity index is 1.74. The molecule has 0 fully saturated rings. The van der Waals surface area contributed by atoms with Crippen molar-refractivity contribution < 1.29 is 4.57 Å². The van der Waals surface area contributed by atoms with Gasteiger partial charge in [0.25, 0.3) is 0 Å². The highest BCUT2D eigenvalue weighted by Gasteiger charge is 2.40. The average Bonchev–Trinajstić information content (AvgIpc) is 3.37. The summed E-state index contributed by atoms with van der Waals surface area (Å²) in [5, 5.41) is 0. The zero-order valence-corrected chi connectivity index (χ0v) is 23.4. The van der Waals surface area contributed by atoms with Crippen LogP contribution in [-0.2, 0) is 18.4 Å². The van der Waals surface area contributed by atoms with E-state index in [-0.39, 0.29) is 5.41 Å². The first-order valence-corrected chi connectivity index (χ1v) is 14.8. The van der Waals surface area contributed by atoms with Gasteiger partial charge in [-0.3, -0.25) is 0 Å². The molecule has 0 radical (unpaired) electrons. The number of unbranched alkanes of at least 4 members (excludes halogenated alkanes) is 9. The molecule has 36 heavy (non-hydrogen) atoms. The van der Waals surface area contributed by atoms with Gasteiger partial charge in [-0.2, -0.15) is 0 Å². The summed E-state index contributed by atoms with van der Waals surface area (Å²) in [5.41, 5.74) is 2.88. The van der Waals surface area contributed by atoms with Crippen molar-refractivity contribution in [3.8, 4) is 0 Å². The summed E-state index contributed by atoms with van der Waals surface area (Å²) < 4.78 is 4.97. The zero-order valence-electron chi connectivity index (χ0n) is 23.4. The Morgan fingerprint density at radius 2 is 1.31 bits per heavy atom. The molecule has 0 aliphatic carbocycles. The predicted molar refractivity (Wildman–Crippen MR) is 154 cm³/mol. The first-order chi connectivity index (χ1) is 17.7. The second-order valence-electron chi connectivity index (χ2n) is 11.0. The van der Waals surface area contributed by atoms with Crippen molar-refractivity contribution in [3.63, 3.8) is 0 Å². The van der Waals surface area contributed by atoms with E-state index in [2.05, 4.69) is 109 Å². The Bertz CT molecular complexity index is 946. The van der Waals surface area contributed by atoms with Gasteiger partial charge in [0.2, 0.25) is 6.33 Å². The number of hydrogen-bond acceptors (Lipinski definition) is 0. The highest BCUT2D eigenvalue weighted by atomic mass is 15.1. The molecule has 3 rings (SSSR count). The first-order valence-electron chi connectivity index (χ1n) is 14.8. The average molecular weight is 488 g/mol. The fraction of sp³-hybridized carbons (Fsp3) is 0.559. The molecule has 1 heterocycles. The number of aromatic nitrogens is 2. The minimum absolute atomic E-state index is 0.0195. The smallest absolute Gasteiger partial charge is 0.237 e. The van der Waals surface area contributed by atoms with Crippen molar-refractivity contribution in [2.45, 2.75) is 122 Å². The molecule has 2 atom stereocenters. The van der Waals surface area contributed by atoms with Gasteiger partial charge in [0, 0.05) is 5.41 Å². The van der Waals surface area contributed by atoms with E-state index in [0.29, 0.717) is 6.04 Å². The quantitative estimate of drug-likeness (QED) is 0.125. The SMILES string of the molecule is CCCCCCCCCC[n+]1ccn(C(CCCCC)C(C)(Cc2ccccc2)c2ccccc2)c1. The van der Waals surface area contributed by atoms with Gasteiger partial charge >= 0.3 is 0 Å². The Hall–Kier alpha value is -2.35. The van der Waals surface area contributed by atoms with Crippen LogP contribution in [-0.4, -0.2) is 4.57 Å². The van der Waals surface area contributed by atoms with E-state index < -0.39 is 0 Å². The number of imidazole rings is 1. The van der Waals surface area contributed by atoms with Crippen LogP contribution in [0.3, 0.4) is 0 Å². The van der Waals surface area contributed by atoms with Crippen LogP contribution < -0.4 is 4.57 Å². The standard InChI is InChI=1S/C34H51N2/c1-4-6-8-9-10-11-12-20-26-35-27-28-36(30-35)33(25-15-7-5-2)34(3,32-23-18-14-19-24-32)29-31-21-16-13-17-22-31/h13-14,16-19,21-24,27-28,30,33H,4-12,15,20,25-26,29H2,1-3H3/q+1. The summed E-state index contributed by atoms with van der Waals surface area (Å²) in [5.74, 6) is 0. The van der Waals surface area contributed by atoms with E-state index in [1.54, 1.807) is 0 Å². The third kappa shape index (κ3) is 8.64. The topological polar surface area (TPSA) is 8.81 Å². The van der Waals surface area contributed by atoms with Gasteiger partial charge in [0.05, 0.1) is 6.54 Å². The van der Waals surface area contributed by atoms with Gasteiger partial charge in [0.1, 0.15) is 18.4 Å². The molecule has 2 aromatic carbocycles. The van der Waals surface area contributed by atoms with Crippen molar-refractivity contribution in [1.82, 2.24) is 4.57 Å². The third-order valence-electron chi connectivity index (χ3n) is 8.01. The number of hydrogen-bond donors (Lipinski definition) is 0. The largest absolute Gasteiger partial charge is 0.244 e. The molecule has 2 unspecified atom stereocenters. The number of aryl methyl sites for hydroxylation is 1. The molecule has 0 saturated carbocycles. The molecule has 196 valence electrons. The highest BCUT2D eigenvalue weighted by molar-refractivity contribution is 5.30. The molecule has 0 aliphatic rings. The minimum atomic E-state index is 0.0195. The Morgan fingerprint density at radius 3 is 1.97 bits per heavy atom. The molecule has 2 nitrogen and oxygen atoms in total. The van der Waals surface area contributed by atoms with Gasteiger partial charge in [-0.05, 0) is 43.2 Å². The number of nitrogens with zero attached hydrogens (tertiary/aromatic N) is 2. The molecule has 0 N–H and O–H groups in total. The van der Waals surface area contributed by atoms with Gasteiger partial charge < -0.3 is 0 Å². The summed E-state index contributed by atoms with van der Waals surface area (Å²) in [6.07, 6.45) is 24.1. The molecule has 1 aromatic heterocycles. The van der Waals surface area contributed by atoms with Crippen molar-refractivity contribution >= 4 is 0 Å². The molecular weight excluding hydrogens is 436 g/mol. The van der Waals surface area contributed by atoms with E-state index in [9.17, 15) is 0 Å². The summed E-state index contributed by atoms with van der Waals surface area (Å²) >= 11 is 0. The third-order valence-corrected chi connectivity index (χ3v) is 8.01. The first kappa shape index (κ1) is 28.2. The van der Waals surface area contributed by atoms with Crippen molar-refractivity contribution in [2.24, 2.45) is 0 Å². The minimum Gasteiger partial charge on any atom is -0.237 e. The van der Waals surface area contributed by atoms with Crippen molar-refractivity contribution in [3.05, 3.63) is 90.5 Å². The van der Waals surface area contributed by atoms with Crippen LogP contribution in [0, 0.1) is 0 Å². The summed E-state index contributed by atoms with van der Waals surface area (Å²) in [4.78, 5) is 0. The second kappa shape index (κ2) is 15.7. The molecule has 2 heteroatoms. The van der Waals surface area contributed by atoms with Crippen LogP contribution in [0.2, 0.25) is 0 Å². The molecule has 0 saturated heterocycles. The van der Waals surface area contributed by atoms with E-state index >= 15 is 0 Å². The van der Waals surface area contributed by atoms with Gasteiger partial charge in [0.15, 0.2) is 0 Å². The van der Waals surface area contributed by atoms with E-state index in [4.69, 9.17) is 0 Å². The zero-order chi connectivity index (χ0) is 25.5. The van der Waals surface area contributed by atoms with Crippen LogP contribution in [0.4, 0.5) is 0 Å². The summed E-state index contributed by atoms with van der Waals surface area (Å²) in [6.45, 7) is 8.23. The van der Waals surface area contributed by atoms with Crippen LogP contribution in [0.15, 0.2) is 79.4 Å². The Morgan fingerprint density at radius 1 is 0.722 bits per heavy atom. The van der Waals surface area contributed by atoms with Crippen LogP contribution in [0.25, 0.3) is 0 Å². The second-order valence-corrected chi connectivity index (χ2v) is 11.0. The molecular formula is C34H51N2+. The normalized spacial score (nSPS) is 14.0. The van der Waals surface area contributed by atoms with Gasteiger partial charge in [-0.25, -0.2) is 9.13 Å². The molecule has 0 bridgehead atoms. The fourth-order valence-electron chi connectivity index (χ4n) is 5.79. The Kier molecular flexibility index (Phi) is 12.3. The molecule has 0 spiro atoms. The lowest BCUT2D eigenvalue weighted by Gasteiger charge is -2.37. The summed E-state index contributed by atoms with van der Waals surface area (Å²) in [7, 11) is 0. The molecule has 0 aliphatic heterocycles. The highest BCUT2D eigenvalue weighted by Crippen LogP contribution is 2.41. The fourth-order valence-corrected chi connectivity index (χ4v) is 5.79. The molecule has 0 amide bonds. The lowest BCUT2D eigenvalue weighted by atomic mass is 9.70. The van der Waals surface area contributed by atoms with Crippen molar-refractivity contribution in [2.75, 3.05) is 0 Å². The lowest BCUT2D eigenvalue weighted by molar-refractivity contribution is -0.697. The summed E-state index contributed by atoms with van der Waals surface area (Å²) in [6, 6.07) is 22.7. The molecule has 3 aromatic rings. The van der Waals surface area contributed by atoms with E-state index in [1.165, 1.54) is 88.2 Å². The number of benzene rings is 2. The maximum atomic E-state index is 2.54. The predicted octanol–water partition coefficient (Wildman–Crippen LogP) is 9.24. The Labute approximate surface area is 221 Å². The van der Waals surface area contributed by atoms with Crippen molar-refractivity contribution in [1.29, 1.82) is 0 Å².